The standard InChI is InChI=1S/C12H22N4/c1-9-4-3-5-11(7-6-9)15-10(2)12-13-8-14-16-12/h8-11,15H,3-7H2,1-2H3,(H,13,14,16). The highest BCUT2D eigenvalue weighted by molar-refractivity contribution is 4.90. The Balaban J connectivity index is 1.84. The zero-order chi connectivity index (χ0) is 11.4. The molecule has 4 heteroatoms. The summed E-state index contributed by atoms with van der Waals surface area (Å²) in [6.45, 7) is 4.51. The van der Waals surface area contributed by atoms with Crippen LogP contribution in [0.15, 0.2) is 6.33 Å². The van der Waals surface area contributed by atoms with Crippen LogP contribution in [-0.2, 0) is 0 Å². The molecule has 3 atom stereocenters. The number of aromatic nitrogens is 3. The van der Waals surface area contributed by atoms with Gasteiger partial charge in [-0.1, -0.05) is 19.8 Å². The van der Waals surface area contributed by atoms with E-state index in [2.05, 4.69) is 34.3 Å². The SMILES string of the molecule is CC1CCCC(NC(C)c2ncn[nH]2)CC1. The van der Waals surface area contributed by atoms with Gasteiger partial charge in [0.15, 0.2) is 0 Å². The molecule has 0 radical (unpaired) electrons. The first kappa shape index (κ1) is 11.6. The van der Waals surface area contributed by atoms with Gasteiger partial charge in [0.1, 0.15) is 12.2 Å². The molecule has 0 amide bonds. The lowest BCUT2D eigenvalue weighted by atomic mass is 10.0. The minimum absolute atomic E-state index is 0.279. The smallest absolute Gasteiger partial charge is 0.141 e. The molecule has 1 heterocycles. The molecule has 2 N–H and O–H groups in total. The Labute approximate surface area is 97.2 Å². The Hall–Kier alpha value is -0.900. The summed E-state index contributed by atoms with van der Waals surface area (Å²) >= 11 is 0. The van der Waals surface area contributed by atoms with Gasteiger partial charge < -0.3 is 5.32 Å². The Kier molecular flexibility index (Phi) is 3.93. The van der Waals surface area contributed by atoms with E-state index in [-0.39, 0.29) is 6.04 Å². The molecule has 1 saturated carbocycles. The predicted molar refractivity (Wildman–Crippen MR) is 64.0 cm³/mol. The number of rotatable bonds is 3. The average Bonchev–Trinajstić information content (AvgIpc) is 2.72. The number of nitrogens with one attached hydrogen (secondary N) is 2. The highest BCUT2D eigenvalue weighted by atomic mass is 15.2. The van der Waals surface area contributed by atoms with Crippen LogP contribution in [0.1, 0.15) is 57.8 Å². The van der Waals surface area contributed by atoms with E-state index in [1.54, 1.807) is 6.33 Å². The number of hydrogen-bond donors (Lipinski definition) is 2. The van der Waals surface area contributed by atoms with Gasteiger partial charge in [-0.3, -0.25) is 5.10 Å². The zero-order valence-electron chi connectivity index (χ0n) is 10.2. The van der Waals surface area contributed by atoms with Gasteiger partial charge in [0.25, 0.3) is 0 Å². The number of H-pyrrole nitrogens is 1. The summed E-state index contributed by atoms with van der Waals surface area (Å²) in [6, 6.07) is 0.922. The minimum atomic E-state index is 0.279. The molecule has 0 aromatic carbocycles. The molecule has 1 aliphatic carbocycles. The number of nitrogens with zero attached hydrogens (tertiary/aromatic N) is 2. The fourth-order valence-electron chi connectivity index (χ4n) is 2.51. The summed E-state index contributed by atoms with van der Waals surface area (Å²) in [5, 5.41) is 10.5. The Morgan fingerprint density at radius 2 is 2.25 bits per heavy atom. The molecule has 16 heavy (non-hydrogen) atoms. The molecule has 4 nitrogen and oxygen atoms in total. The van der Waals surface area contributed by atoms with E-state index in [9.17, 15) is 0 Å². The van der Waals surface area contributed by atoms with Gasteiger partial charge >= 0.3 is 0 Å². The Morgan fingerprint density at radius 1 is 1.38 bits per heavy atom. The van der Waals surface area contributed by atoms with Crippen molar-refractivity contribution in [1.29, 1.82) is 0 Å². The molecule has 1 aromatic heterocycles. The first-order valence-corrected chi connectivity index (χ1v) is 6.37. The van der Waals surface area contributed by atoms with Gasteiger partial charge in [-0.05, 0) is 32.1 Å². The molecule has 1 fully saturated rings. The zero-order valence-corrected chi connectivity index (χ0v) is 10.2. The van der Waals surface area contributed by atoms with Crippen LogP contribution in [0.4, 0.5) is 0 Å². The molecule has 90 valence electrons. The Bertz CT molecular complexity index is 296. The molecule has 0 spiro atoms. The molecular weight excluding hydrogens is 200 g/mol. The van der Waals surface area contributed by atoms with Crippen LogP contribution in [0, 0.1) is 5.92 Å². The second-order valence-electron chi connectivity index (χ2n) is 5.07. The summed E-state index contributed by atoms with van der Waals surface area (Å²) < 4.78 is 0. The minimum Gasteiger partial charge on any atom is -0.305 e. The molecule has 0 aliphatic heterocycles. The summed E-state index contributed by atoms with van der Waals surface area (Å²) in [5.74, 6) is 1.84. The molecule has 0 saturated heterocycles. The van der Waals surface area contributed by atoms with Crippen molar-refractivity contribution in [2.24, 2.45) is 5.92 Å². The van der Waals surface area contributed by atoms with Gasteiger partial charge in [0, 0.05) is 6.04 Å². The number of aromatic amines is 1. The van der Waals surface area contributed by atoms with Crippen molar-refractivity contribution in [1.82, 2.24) is 20.5 Å². The van der Waals surface area contributed by atoms with Gasteiger partial charge in [0.05, 0.1) is 6.04 Å². The van der Waals surface area contributed by atoms with Crippen molar-refractivity contribution in [3.8, 4) is 0 Å². The van der Waals surface area contributed by atoms with E-state index in [1.807, 2.05) is 0 Å². The van der Waals surface area contributed by atoms with Crippen molar-refractivity contribution in [2.45, 2.75) is 58.0 Å². The molecule has 0 bridgehead atoms. The van der Waals surface area contributed by atoms with Gasteiger partial charge in [0.2, 0.25) is 0 Å². The van der Waals surface area contributed by atoms with Crippen molar-refractivity contribution in [3.63, 3.8) is 0 Å². The normalized spacial score (nSPS) is 28.6. The molecule has 3 unspecified atom stereocenters. The van der Waals surface area contributed by atoms with Gasteiger partial charge in [-0.25, -0.2) is 4.98 Å². The van der Waals surface area contributed by atoms with Crippen LogP contribution in [-0.4, -0.2) is 21.2 Å². The highest BCUT2D eigenvalue weighted by Crippen LogP contribution is 2.23. The maximum atomic E-state index is 4.19. The fourth-order valence-corrected chi connectivity index (χ4v) is 2.51. The van der Waals surface area contributed by atoms with Gasteiger partial charge in [-0.2, -0.15) is 5.10 Å². The van der Waals surface area contributed by atoms with Crippen LogP contribution >= 0.6 is 0 Å². The third kappa shape index (κ3) is 3.04. The third-order valence-corrected chi connectivity index (χ3v) is 3.59. The Morgan fingerprint density at radius 3 is 3.00 bits per heavy atom. The van der Waals surface area contributed by atoms with E-state index in [1.165, 1.54) is 32.1 Å². The van der Waals surface area contributed by atoms with E-state index in [0.717, 1.165) is 11.7 Å². The van der Waals surface area contributed by atoms with Crippen LogP contribution in [0.5, 0.6) is 0 Å². The largest absolute Gasteiger partial charge is 0.305 e. The lowest BCUT2D eigenvalue weighted by molar-refractivity contribution is 0.399. The average molecular weight is 222 g/mol. The quantitative estimate of drug-likeness (QED) is 0.772. The molecule has 1 aliphatic rings. The van der Waals surface area contributed by atoms with Crippen LogP contribution < -0.4 is 5.32 Å². The monoisotopic (exact) mass is 222 g/mol. The van der Waals surface area contributed by atoms with Gasteiger partial charge in [-0.15, -0.1) is 0 Å². The lowest BCUT2D eigenvalue weighted by Gasteiger charge is -2.20. The summed E-state index contributed by atoms with van der Waals surface area (Å²) in [5.41, 5.74) is 0. The molecule has 1 aromatic rings. The second kappa shape index (κ2) is 5.43. The molecule has 2 rings (SSSR count). The van der Waals surface area contributed by atoms with E-state index >= 15 is 0 Å². The van der Waals surface area contributed by atoms with Crippen LogP contribution in [0.3, 0.4) is 0 Å². The van der Waals surface area contributed by atoms with Crippen LogP contribution in [0.2, 0.25) is 0 Å². The lowest BCUT2D eigenvalue weighted by Crippen LogP contribution is -2.31. The number of hydrogen-bond acceptors (Lipinski definition) is 3. The third-order valence-electron chi connectivity index (χ3n) is 3.59. The topological polar surface area (TPSA) is 53.6 Å². The van der Waals surface area contributed by atoms with E-state index < -0.39 is 0 Å². The first-order valence-electron chi connectivity index (χ1n) is 6.37. The first-order chi connectivity index (χ1) is 7.75. The van der Waals surface area contributed by atoms with Crippen molar-refractivity contribution in [2.75, 3.05) is 0 Å². The van der Waals surface area contributed by atoms with E-state index in [4.69, 9.17) is 0 Å². The maximum absolute atomic E-state index is 4.19. The predicted octanol–water partition coefficient (Wildman–Crippen LogP) is 2.42. The van der Waals surface area contributed by atoms with E-state index in [0.29, 0.717) is 6.04 Å². The van der Waals surface area contributed by atoms with Crippen molar-refractivity contribution >= 4 is 0 Å². The second-order valence-corrected chi connectivity index (χ2v) is 5.07. The summed E-state index contributed by atoms with van der Waals surface area (Å²) in [4.78, 5) is 4.19. The van der Waals surface area contributed by atoms with Crippen molar-refractivity contribution < 1.29 is 0 Å². The fraction of sp³-hybridized carbons (Fsp3) is 0.833. The maximum Gasteiger partial charge on any atom is 0.141 e. The van der Waals surface area contributed by atoms with Crippen LogP contribution in [0.25, 0.3) is 0 Å². The summed E-state index contributed by atoms with van der Waals surface area (Å²) in [7, 11) is 0. The molecular formula is C12H22N4. The highest BCUT2D eigenvalue weighted by Gasteiger charge is 2.19. The van der Waals surface area contributed by atoms with Crippen molar-refractivity contribution in [3.05, 3.63) is 12.2 Å². The summed E-state index contributed by atoms with van der Waals surface area (Å²) in [6.07, 6.45) is 8.24.